The molecule has 0 aromatic heterocycles. The van der Waals surface area contributed by atoms with Crippen molar-refractivity contribution in [3.05, 3.63) is 10.1 Å². The van der Waals surface area contributed by atoms with Crippen molar-refractivity contribution in [2.24, 2.45) is 5.41 Å². The molecule has 0 spiro atoms. The van der Waals surface area contributed by atoms with E-state index in [0.717, 1.165) is 0 Å². The van der Waals surface area contributed by atoms with Crippen molar-refractivity contribution in [2.75, 3.05) is 26.4 Å². The molecule has 6 nitrogen and oxygen atoms in total. The van der Waals surface area contributed by atoms with Crippen LogP contribution in [0.15, 0.2) is 0 Å². The molecule has 0 heterocycles. The fourth-order valence-corrected chi connectivity index (χ4v) is 0.716. The molecule has 72 valence electrons. The minimum atomic E-state index is -1.12. The highest BCUT2D eigenvalue weighted by molar-refractivity contribution is 4.76. The normalized spacial score (nSPS) is 11.6. The Balaban J connectivity index is 4.01. The predicted molar refractivity (Wildman–Crippen MR) is 40.2 cm³/mol. The highest BCUT2D eigenvalue weighted by Gasteiger charge is 2.29. The molecule has 0 amide bonds. The van der Waals surface area contributed by atoms with Crippen LogP contribution in [0.4, 0.5) is 0 Å². The van der Waals surface area contributed by atoms with Crippen LogP contribution in [-0.2, 0) is 0 Å². The van der Waals surface area contributed by atoms with Crippen LogP contribution >= 0.6 is 0 Å². The van der Waals surface area contributed by atoms with Gasteiger partial charge in [-0.1, -0.05) is 0 Å². The lowest BCUT2D eigenvalue weighted by Crippen LogP contribution is -2.35. The molecular weight excluding hydrogens is 166 g/mol. The van der Waals surface area contributed by atoms with Crippen LogP contribution in [0.3, 0.4) is 0 Å². The first-order valence-corrected chi connectivity index (χ1v) is 3.54. The summed E-state index contributed by atoms with van der Waals surface area (Å²) in [4.78, 5) is 9.41. The van der Waals surface area contributed by atoms with E-state index in [9.17, 15) is 10.1 Å². The van der Waals surface area contributed by atoms with Gasteiger partial charge in [0, 0.05) is 16.8 Å². The molecule has 0 aromatic carbocycles. The summed E-state index contributed by atoms with van der Waals surface area (Å²) in [6.07, 6.45) is -0.0243. The van der Waals surface area contributed by atoms with Crippen LogP contribution in [0.5, 0.6) is 0 Å². The molecule has 0 saturated carbocycles. The van der Waals surface area contributed by atoms with Crippen molar-refractivity contribution in [3.8, 4) is 0 Å². The van der Waals surface area contributed by atoms with Crippen LogP contribution in [0.2, 0.25) is 0 Å². The van der Waals surface area contributed by atoms with E-state index in [2.05, 4.69) is 0 Å². The number of nitrogens with zero attached hydrogens (tertiary/aromatic N) is 1. The van der Waals surface area contributed by atoms with Gasteiger partial charge in [0.05, 0.1) is 19.8 Å². The first-order valence-electron chi connectivity index (χ1n) is 3.54. The second-order valence-electron chi connectivity index (χ2n) is 2.78. The quantitative estimate of drug-likeness (QED) is 0.344. The summed E-state index contributed by atoms with van der Waals surface area (Å²) in [5, 5.41) is 36.2. The maximum atomic E-state index is 9.95. The van der Waals surface area contributed by atoms with Gasteiger partial charge in [0.1, 0.15) is 0 Å². The molecule has 0 unspecified atom stereocenters. The van der Waals surface area contributed by atoms with Crippen molar-refractivity contribution in [1.82, 2.24) is 0 Å². The topological polar surface area (TPSA) is 104 Å². The Kier molecular flexibility index (Phi) is 4.72. The SMILES string of the molecule is O=[N+]([O-])CCC(CO)(CO)CO. The summed E-state index contributed by atoms with van der Waals surface area (Å²) in [5.41, 5.74) is -1.12. The number of aliphatic hydroxyl groups is 3. The molecule has 12 heavy (non-hydrogen) atoms. The third-order valence-electron chi connectivity index (χ3n) is 1.83. The minimum Gasteiger partial charge on any atom is -0.396 e. The van der Waals surface area contributed by atoms with Gasteiger partial charge < -0.3 is 15.3 Å². The lowest BCUT2D eigenvalue weighted by atomic mass is 9.87. The van der Waals surface area contributed by atoms with Gasteiger partial charge in [0.15, 0.2) is 0 Å². The van der Waals surface area contributed by atoms with Gasteiger partial charge in [-0.3, -0.25) is 10.1 Å². The molecule has 0 radical (unpaired) electrons. The summed E-state index contributed by atoms with van der Waals surface area (Å²) in [7, 11) is 0. The Hall–Kier alpha value is -0.720. The van der Waals surface area contributed by atoms with Crippen molar-refractivity contribution in [3.63, 3.8) is 0 Å². The molecule has 0 fully saturated rings. The standard InChI is InChI=1S/C6H13NO5/c8-3-6(4-9,5-10)1-2-7(11)12/h8-10H,1-5H2. The van der Waals surface area contributed by atoms with Gasteiger partial charge in [-0.25, -0.2) is 0 Å². The van der Waals surface area contributed by atoms with Crippen molar-refractivity contribution >= 4 is 0 Å². The molecule has 0 aliphatic heterocycles. The Morgan fingerprint density at radius 1 is 1.17 bits per heavy atom. The fraction of sp³-hybridized carbons (Fsp3) is 1.00. The molecule has 0 bridgehead atoms. The first-order chi connectivity index (χ1) is 5.60. The average Bonchev–Trinajstić information content (AvgIpc) is 2.08. The van der Waals surface area contributed by atoms with Gasteiger partial charge in [-0.15, -0.1) is 0 Å². The Bertz CT molecular complexity index is 137. The van der Waals surface area contributed by atoms with E-state index in [0.29, 0.717) is 0 Å². The second-order valence-corrected chi connectivity index (χ2v) is 2.78. The van der Waals surface area contributed by atoms with E-state index < -0.39 is 30.2 Å². The Labute approximate surface area is 69.6 Å². The van der Waals surface area contributed by atoms with E-state index in [1.54, 1.807) is 0 Å². The third kappa shape index (κ3) is 3.12. The number of nitro groups is 1. The highest BCUT2D eigenvalue weighted by Crippen LogP contribution is 2.19. The van der Waals surface area contributed by atoms with Crippen LogP contribution in [0.25, 0.3) is 0 Å². The molecule has 0 aromatic rings. The number of hydrogen-bond acceptors (Lipinski definition) is 5. The summed E-state index contributed by atoms with van der Waals surface area (Å²) < 4.78 is 0. The molecular formula is C6H13NO5. The van der Waals surface area contributed by atoms with Gasteiger partial charge in [-0.2, -0.15) is 0 Å². The van der Waals surface area contributed by atoms with E-state index >= 15 is 0 Å². The molecule has 3 N–H and O–H groups in total. The predicted octanol–water partition coefficient (Wildman–Crippen LogP) is -1.38. The lowest BCUT2D eigenvalue weighted by molar-refractivity contribution is -0.483. The summed E-state index contributed by atoms with van der Waals surface area (Å²) >= 11 is 0. The summed E-state index contributed by atoms with van der Waals surface area (Å²) in [6.45, 7) is -1.71. The molecule has 0 aliphatic rings. The van der Waals surface area contributed by atoms with E-state index in [1.807, 2.05) is 0 Å². The van der Waals surface area contributed by atoms with Gasteiger partial charge in [0.25, 0.3) is 0 Å². The molecule has 0 rings (SSSR count). The second kappa shape index (κ2) is 5.02. The van der Waals surface area contributed by atoms with Crippen molar-refractivity contribution < 1.29 is 20.2 Å². The maximum Gasteiger partial charge on any atom is 0.204 e. The Morgan fingerprint density at radius 3 is 1.83 bits per heavy atom. The Morgan fingerprint density at radius 2 is 1.58 bits per heavy atom. The third-order valence-corrected chi connectivity index (χ3v) is 1.83. The first kappa shape index (κ1) is 11.3. The molecule has 0 saturated heterocycles. The zero-order valence-electron chi connectivity index (χ0n) is 6.64. The van der Waals surface area contributed by atoms with Gasteiger partial charge in [-0.05, 0) is 0 Å². The minimum absolute atomic E-state index is 0.0243. The monoisotopic (exact) mass is 179 g/mol. The van der Waals surface area contributed by atoms with Crippen LogP contribution < -0.4 is 0 Å². The molecule has 0 aliphatic carbocycles. The molecule has 0 atom stereocenters. The van der Waals surface area contributed by atoms with Gasteiger partial charge in [0.2, 0.25) is 6.54 Å². The maximum absolute atomic E-state index is 9.95. The van der Waals surface area contributed by atoms with E-state index in [1.165, 1.54) is 0 Å². The van der Waals surface area contributed by atoms with E-state index in [-0.39, 0.29) is 13.0 Å². The van der Waals surface area contributed by atoms with Crippen LogP contribution in [0.1, 0.15) is 6.42 Å². The summed E-state index contributed by atoms with van der Waals surface area (Å²) in [6, 6.07) is 0. The fourth-order valence-electron chi connectivity index (χ4n) is 0.716. The number of hydrogen-bond donors (Lipinski definition) is 3. The highest BCUT2D eigenvalue weighted by atomic mass is 16.6. The average molecular weight is 179 g/mol. The van der Waals surface area contributed by atoms with Crippen LogP contribution in [-0.4, -0.2) is 46.6 Å². The van der Waals surface area contributed by atoms with Gasteiger partial charge >= 0.3 is 0 Å². The smallest absolute Gasteiger partial charge is 0.204 e. The molecule has 6 heteroatoms. The van der Waals surface area contributed by atoms with Crippen LogP contribution in [0, 0.1) is 15.5 Å². The van der Waals surface area contributed by atoms with E-state index in [4.69, 9.17) is 15.3 Å². The number of rotatable bonds is 6. The van der Waals surface area contributed by atoms with Crippen molar-refractivity contribution in [1.29, 1.82) is 0 Å². The largest absolute Gasteiger partial charge is 0.396 e. The zero-order chi connectivity index (χ0) is 9.61. The lowest BCUT2D eigenvalue weighted by Gasteiger charge is -2.24. The zero-order valence-corrected chi connectivity index (χ0v) is 6.64. The van der Waals surface area contributed by atoms with Crippen molar-refractivity contribution in [2.45, 2.75) is 6.42 Å². The number of aliphatic hydroxyl groups excluding tert-OH is 3. The summed E-state index contributed by atoms with van der Waals surface area (Å²) in [5.74, 6) is 0.